The van der Waals surface area contributed by atoms with E-state index in [1.54, 1.807) is 0 Å². The fourth-order valence-corrected chi connectivity index (χ4v) is 5.92. The number of carbonyl (C=O) groups excluding carboxylic acids is 1. The third-order valence-electron chi connectivity index (χ3n) is 7.73. The number of anilines is 1. The third-order valence-corrected chi connectivity index (χ3v) is 8.54. The number of carbonyl (C=O) groups is 1. The van der Waals surface area contributed by atoms with Crippen LogP contribution in [0.3, 0.4) is 0 Å². The minimum absolute atomic E-state index is 0.132. The van der Waals surface area contributed by atoms with Gasteiger partial charge in [-0.15, -0.1) is 0 Å². The Kier molecular flexibility index (Phi) is 8.81. The van der Waals surface area contributed by atoms with Gasteiger partial charge >= 0.3 is 6.03 Å². The average molecular weight is 517 g/mol. The molecule has 190 valence electrons. The van der Waals surface area contributed by atoms with Crippen molar-refractivity contribution in [2.45, 2.75) is 75.8 Å². The monoisotopic (exact) mass is 516 g/mol. The SMILES string of the molecule is O=C(NC1CCC(F)(F)CC1)N[C@H]1CC[C@H](CCN2CCN(c3cccc(Cl)c3Cl)CC2)CC1. The Balaban J connectivity index is 1.10. The molecule has 0 spiro atoms. The number of rotatable bonds is 6. The maximum absolute atomic E-state index is 13.3. The van der Waals surface area contributed by atoms with Crippen LogP contribution in [0.15, 0.2) is 18.2 Å². The Morgan fingerprint density at radius 2 is 1.56 bits per heavy atom. The molecule has 0 aromatic heterocycles. The highest BCUT2D eigenvalue weighted by atomic mass is 35.5. The summed E-state index contributed by atoms with van der Waals surface area (Å²) in [6, 6.07) is 5.65. The number of urea groups is 1. The highest BCUT2D eigenvalue weighted by Crippen LogP contribution is 2.34. The second-order valence-corrected chi connectivity index (χ2v) is 10.9. The van der Waals surface area contributed by atoms with Gasteiger partial charge in [0, 0.05) is 51.1 Å². The van der Waals surface area contributed by atoms with E-state index in [0.717, 1.165) is 64.1 Å². The normalized spacial score (nSPS) is 26.3. The number of nitrogens with one attached hydrogen (secondary N) is 2. The summed E-state index contributed by atoms with van der Waals surface area (Å²) in [4.78, 5) is 17.1. The molecule has 1 aromatic carbocycles. The summed E-state index contributed by atoms with van der Waals surface area (Å²) in [5, 5.41) is 7.20. The molecule has 0 atom stereocenters. The summed E-state index contributed by atoms with van der Waals surface area (Å²) in [6.07, 6.45) is 5.86. The van der Waals surface area contributed by atoms with E-state index in [9.17, 15) is 13.6 Å². The van der Waals surface area contributed by atoms with Crippen LogP contribution in [-0.4, -0.2) is 61.7 Å². The highest BCUT2D eigenvalue weighted by molar-refractivity contribution is 6.43. The van der Waals surface area contributed by atoms with Crippen molar-refractivity contribution >= 4 is 34.9 Å². The Hall–Kier alpha value is -1.31. The predicted molar refractivity (Wildman–Crippen MR) is 134 cm³/mol. The second kappa shape index (κ2) is 11.6. The van der Waals surface area contributed by atoms with E-state index in [4.69, 9.17) is 23.2 Å². The van der Waals surface area contributed by atoms with Gasteiger partial charge in [0.25, 0.3) is 0 Å². The summed E-state index contributed by atoms with van der Waals surface area (Å²) in [5.74, 6) is -1.87. The first-order valence-electron chi connectivity index (χ1n) is 12.7. The molecule has 3 aliphatic rings. The summed E-state index contributed by atoms with van der Waals surface area (Å²) >= 11 is 12.6. The molecule has 0 unspecified atom stereocenters. The Morgan fingerprint density at radius 1 is 0.941 bits per heavy atom. The van der Waals surface area contributed by atoms with Crippen LogP contribution in [0.1, 0.15) is 57.8 Å². The molecule has 3 fully saturated rings. The number of benzene rings is 1. The Labute approximate surface area is 211 Å². The molecule has 2 amide bonds. The molecule has 0 radical (unpaired) electrons. The van der Waals surface area contributed by atoms with Gasteiger partial charge in [0.2, 0.25) is 5.92 Å². The van der Waals surface area contributed by atoms with Crippen molar-refractivity contribution in [1.29, 1.82) is 0 Å². The van der Waals surface area contributed by atoms with Gasteiger partial charge in [-0.2, -0.15) is 0 Å². The van der Waals surface area contributed by atoms with Crippen LogP contribution in [-0.2, 0) is 0 Å². The zero-order valence-electron chi connectivity index (χ0n) is 19.7. The van der Waals surface area contributed by atoms with Crippen molar-refractivity contribution in [3.05, 3.63) is 28.2 Å². The van der Waals surface area contributed by atoms with Crippen LogP contribution < -0.4 is 15.5 Å². The first kappa shape index (κ1) is 25.8. The van der Waals surface area contributed by atoms with E-state index in [1.165, 1.54) is 6.42 Å². The predicted octanol–water partition coefficient (Wildman–Crippen LogP) is 5.94. The fraction of sp³-hybridized carbons (Fsp3) is 0.720. The van der Waals surface area contributed by atoms with E-state index in [-0.39, 0.29) is 31.0 Å². The molecular formula is C25H36Cl2F2N4O. The average Bonchev–Trinajstić information content (AvgIpc) is 2.82. The lowest BCUT2D eigenvalue weighted by Gasteiger charge is -2.37. The Bertz CT molecular complexity index is 817. The van der Waals surface area contributed by atoms with Gasteiger partial charge in [-0.1, -0.05) is 29.3 Å². The maximum Gasteiger partial charge on any atom is 0.315 e. The standard InChI is InChI=1S/C25H36Cl2F2N4O/c26-21-2-1-3-22(23(21)27)33-16-14-32(15-17-33)13-10-18-4-6-19(7-5-18)30-24(34)31-20-8-11-25(28,29)12-9-20/h1-3,18-20H,4-17H2,(H2,30,31,34)/t18-,19-. The number of amides is 2. The van der Waals surface area contributed by atoms with Crippen molar-refractivity contribution in [1.82, 2.24) is 15.5 Å². The minimum atomic E-state index is -2.56. The summed E-state index contributed by atoms with van der Waals surface area (Å²) in [6.45, 7) is 5.04. The lowest BCUT2D eigenvalue weighted by Crippen LogP contribution is -2.49. The molecule has 5 nitrogen and oxygen atoms in total. The van der Waals surface area contributed by atoms with Crippen molar-refractivity contribution in [2.75, 3.05) is 37.6 Å². The van der Waals surface area contributed by atoms with Crippen LogP contribution in [0, 0.1) is 5.92 Å². The number of piperazine rings is 1. The molecule has 34 heavy (non-hydrogen) atoms. The van der Waals surface area contributed by atoms with Gasteiger partial charge in [0.05, 0.1) is 15.7 Å². The van der Waals surface area contributed by atoms with Crippen molar-refractivity contribution in [3.8, 4) is 0 Å². The van der Waals surface area contributed by atoms with E-state index >= 15 is 0 Å². The van der Waals surface area contributed by atoms with Crippen LogP contribution in [0.5, 0.6) is 0 Å². The van der Waals surface area contributed by atoms with Crippen molar-refractivity contribution < 1.29 is 13.6 Å². The molecular weight excluding hydrogens is 481 g/mol. The first-order valence-corrected chi connectivity index (χ1v) is 13.4. The topological polar surface area (TPSA) is 47.6 Å². The quantitative estimate of drug-likeness (QED) is 0.491. The zero-order valence-corrected chi connectivity index (χ0v) is 21.2. The number of hydrogen-bond donors (Lipinski definition) is 2. The fourth-order valence-electron chi connectivity index (χ4n) is 5.51. The Morgan fingerprint density at radius 3 is 2.21 bits per heavy atom. The van der Waals surface area contributed by atoms with Crippen molar-refractivity contribution in [3.63, 3.8) is 0 Å². The molecule has 4 rings (SSSR count). The summed E-state index contributed by atoms with van der Waals surface area (Å²) < 4.78 is 26.6. The van der Waals surface area contributed by atoms with E-state index in [1.807, 2.05) is 18.2 Å². The number of alkyl halides is 2. The van der Waals surface area contributed by atoms with Crippen LogP contribution in [0.2, 0.25) is 10.0 Å². The zero-order chi connectivity index (χ0) is 24.1. The van der Waals surface area contributed by atoms with E-state index in [2.05, 4.69) is 20.4 Å². The van der Waals surface area contributed by atoms with E-state index in [0.29, 0.717) is 28.8 Å². The van der Waals surface area contributed by atoms with Gasteiger partial charge in [-0.25, -0.2) is 13.6 Å². The molecule has 2 aliphatic carbocycles. The first-order chi connectivity index (χ1) is 16.3. The molecule has 1 saturated heterocycles. The molecule has 9 heteroatoms. The number of halogens is 4. The van der Waals surface area contributed by atoms with Gasteiger partial charge in [-0.05, 0) is 69.5 Å². The summed E-state index contributed by atoms with van der Waals surface area (Å²) in [7, 11) is 0. The maximum atomic E-state index is 13.3. The third kappa shape index (κ3) is 7.11. The van der Waals surface area contributed by atoms with Gasteiger partial charge in [0.1, 0.15) is 0 Å². The van der Waals surface area contributed by atoms with Crippen LogP contribution >= 0.6 is 23.2 Å². The lowest BCUT2D eigenvalue weighted by molar-refractivity contribution is -0.0395. The molecule has 1 heterocycles. The van der Waals surface area contributed by atoms with E-state index < -0.39 is 5.92 Å². The summed E-state index contributed by atoms with van der Waals surface area (Å²) in [5.41, 5.74) is 1.02. The molecule has 2 N–H and O–H groups in total. The molecule has 1 aromatic rings. The molecule has 1 aliphatic heterocycles. The highest BCUT2D eigenvalue weighted by Gasteiger charge is 2.35. The smallest absolute Gasteiger partial charge is 0.315 e. The van der Waals surface area contributed by atoms with Gasteiger partial charge < -0.3 is 15.5 Å². The lowest BCUT2D eigenvalue weighted by atomic mass is 9.84. The van der Waals surface area contributed by atoms with Crippen molar-refractivity contribution in [2.24, 2.45) is 5.92 Å². The van der Waals surface area contributed by atoms with Crippen LogP contribution in [0.4, 0.5) is 19.3 Å². The number of nitrogens with zero attached hydrogens (tertiary/aromatic N) is 2. The largest absolute Gasteiger partial charge is 0.368 e. The second-order valence-electron chi connectivity index (χ2n) is 10.2. The molecule has 0 bridgehead atoms. The minimum Gasteiger partial charge on any atom is -0.368 e. The van der Waals surface area contributed by atoms with Gasteiger partial charge in [-0.3, -0.25) is 4.90 Å². The molecule has 2 saturated carbocycles. The van der Waals surface area contributed by atoms with Gasteiger partial charge in [0.15, 0.2) is 0 Å². The van der Waals surface area contributed by atoms with Crippen LogP contribution in [0.25, 0.3) is 0 Å². The number of hydrogen-bond acceptors (Lipinski definition) is 3.